The van der Waals surface area contributed by atoms with Gasteiger partial charge in [-0.05, 0) is 104 Å². The number of ether oxygens (including phenoxy) is 3. The molecule has 5 rings (SSSR count). The van der Waals surface area contributed by atoms with E-state index in [1.54, 1.807) is 18.2 Å². The average Bonchev–Trinajstić information content (AvgIpc) is 3.65. The molecule has 3 aromatic carbocycles. The van der Waals surface area contributed by atoms with E-state index >= 15 is 0 Å². The normalized spacial score (nSPS) is 11.2. The van der Waals surface area contributed by atoms with Crippen LogP contribution in [0.2, 0.25) is 5.02 Å². The first-order chi connectivity index (χ1) is 21.7. The molecule has 0 unspecified atom stereocenters. The third kappa shape index (κ3) is 7.79. The first kappa shape index (κ1) is 31.9. The van der Waals surface area contributed by atoms with Crippen LogP contribution in [0.5, 0.6) is 17.2 Å². The molecule has 0 aliphatic rings. The fraction of sp³-hybridized carbons (Fsp3) is 0.200. The predicted octanol–water partition coefficient (Wildman–Crippen LogP) is 8.73. The minimum Gasteiger partial charge on any atom is -0.490 e. The van der Waals surface area contributed by atoms with Crippen molar-refractivity contribution in [2.24, 2.45) is 5.10 Å². The number of carbonyl (C=O) groups is 1. The van der Waals surface area contributed by atoms with Crippen LogP contribution in [0.3, 0.4) is 0 Å². The van der Waals surface area contributed by atoms with Gasteiger partial charge in [-0.2, -0.15) is 5.10 Å². The van der Waals surface area contributed by atoms with Gasteiger partial charge in [0.2, 0.25) is 0 Å². The van der Waals surface area contributed by atoms with E-state index in [0.29, 0.717) is 51.3 Å². The van der Waals surface area contributed by atoms with Crippen LogP contribution in [0.1, 0.15) is 51.3 Å². The van der Waals surface area contributed by atoms with Gasteiger partial charge in [-0.15, -0.1) is 0 Å². The van der Waals surface area contributed by atoms with Gasteiger partial charge in [0.05, 0.1) is 12.8 Å². The monoisotopic (exact) mass is 689 g/mol. The van der Waals surface area contributed by atoms with Crippen molar-refractivity contribution in [3.8, 4) is 22.9 Å². The number of carbonyl (C=O) groups excluding carboxylic acids is 1. The molecule has 8 nitrogen and oxygen atoms in total. The molecule has 2 heterocycles. The van der Waals surface area contributed by atoms with Crippen LogP contribution in [-0.4, -0.2) is 23.3 Å². The summed E-state index contributed by atoms with van der Waals surface area (Å²) in [6, 6.07) is 25.1. The average molecular weight is 691 g/mol. The van der Waals surface area contributed by atoms with Crippen LogP contribution in [0.4, 0.5) is 0 Å². The molecule has 232 valence electrons. The Morgan fingerprint density at radius 2 is 1.64 bits per heavy atom. The predicted molar refractivity (Wildman–Crippen MR) is 179 cm³/mol. The Balaban J connectivity index is 1.18. The van der Waals surface area contributed by atoms with Crippen LogP contribution in [0, 0.1) is 20.8 Å². The molecule has 0 atom stereocenters. The largest absolute Gasteiger partial charge is 0.490 e. The Morgan fingerprint density at radius 1 is 0.933 bits per heavy atom. The number of amides is 1. The Kier molecular flexibility index (Phi) is 10.3. The van der Waals surface area contributed by atoms with E-state index in [4.69, 9.17) is 30.2 Å². The topological polar surface area (TPSA) is 87.2 Å². The zero-order valence-electron chi connectivity index (χ0n) is 25.4. The lowest BCUT2D eigenvalue weighted by Gasteiger charge is -2.16. The summed E-state index contributed by atoms with van der Waals surface area (Å²) in [5.41, 5.74) is 8.63. The van der Waals surface area contributed by atoms with Gasteiger partial charge in [-0.3, -0.25) is 4.79 Å². The maximum Gasteiger partial charge on any atom is 0.307 e. The minimum atomic E-state index is -0.510. The number of nitrogens with one attached hydrogen (secondary N) is 1. The third-order valence-electron chi connectivity index (χ3n) is 6.96. The van der Waals surface area contributed by atoms with Crippen molar-refractivity contribution in [2.45, 2.75) is 40.9 Å². The lowest BCUT2D eigenvalue weighted by molar-refractivity contribution is 0.0923. The van der Waals surface area contributed by atoms with Crippen molar-refractivity contribution < 1.29 is 23.4 Å². The summed E-state index contributed by atoms with van der Waals surface area (Å²) in [5, 5.41) is 4.43. The molecule has 0 saturated carbocycles. The highest BCUT2D eigenvalue weighted by Gasteiger charge is 2.18. The SMILES string of the molecule is CCOc1cc(/C=N/NC(=O)c2ccc(COc3ccc(-n4c(C)ccc4C)cc3)o2)c(Br)c(Cl)c1OCc1ccc(C)cc1. The summed E-state index contributed by atoms with van der Waals surface area (Å²) in [6.07, 6.45) is 1.47. The number of hydrogen-bond donors (Lipinski definition) is 1. The molecule has 0 aliphatic carbocycles. The molecule has 1 amide bonds. The first-order valence-corrected chi connectivity index (χ1v) is 15.5. The Labute approximate surface area is 275 Å². The van der Waals surface area contributed by atoms with Crippen molar-refractivity contribution in [1.82, 2.24) is 9.99 Å². The zero-order valence-corrected chi connectivity index (χ0v) is 27.7. The van der Waals surface area contributed by atoms with Crippen molar-refractivity contribution in [3.63, 3.8) is 0 Å². The van der Waals surface area contributed by atoms with Crippen molar-refractivity contribution in [2.75, 3.05) is 6.61 Å². The zero-order chi connectivity index (χ0) is 31.9. The molecule has 0 fully saturated rings. The highest BCUT2D eigenvalue weighted by molar-refractivity contribution is 9.10. The summed E-state index contributed by atoms with van der Waals surface area (Å²) in [7, 11) is 0. The number of rotatable bonds is 12. The lowest BCUT2D eigenvalue weighted by Crippen LogP contribution is -2.16. The fourth-order valence-corrected chi connectivity index (χ4v) is 5.30. The van der Waals surface area contributed by atoms with Crippen molar-refractivity contribution in [3.05, 3.63) is 128 Å². The number of aromatic nitrogens is 1. The maximum atomic E-state index is 12.7. The molecule has 0 bridgehead atoms. The number of halogens is 2. The van der Waals surface area contributed by atoms with Crippen LogP contribution in [0.25, 0.3) is 5.69 Å². The summed E-state index contributed by atoms with van der Waals surface area (Å²) in [5.74, 6) is 1.67. The van der Waals surface area contributed by atoms with E-state index in [2.05, 4.69) is 57.0 Å². The standard InChI is InChI=1S/C35H33BrClN3O5/c1-5-42-31-18-26(32(36)33(37)34(31)44-20-25-10-6-22(2)7-11-25)19-38-39-35(41)30-17-16-29(45-30)21-43-28-14-12-27(13-15-28)40-23(3)8-9-24(40)4/h6-19H,5,20-21H2,1-4H3,(H,39,41)/b38-19+. The van der Waals surface area contributed by atoms with E-state index < -0.39 is 5.91 Å². The highest BCUT2D eigenvalue weighted by Crippen LogP contribution is 2.42. The van der Waals surface area contributed by atoms with Gasteiger partial charge >= 0.3 is 5.91 Å². The van der Waals surface area contributed by atoms with Gasteiger partial charge in [-0.1, -0.05) is 41.4 Å². The first-order valence-electron chi connectivity index (χ1n) is 14.4. The summed E-state index contributed by atoms with van der Waals surface area (Å²) < 4.78 is 26.1. The van der Waals surface area contributed by atoms with Crippen molar-refractivity contribution >= 4 is 39.7 Å². The molecule has 0 radical (unpaired) electrons. The van der Waals surface area contributed by atoms with Crippen LogP contribution in [0.15, 0.2) is 92.9 Å². The van der Waals surface area contributed by atoms with E-state index in [0.717, 1.165) is 22.6 Å². The molecule has 5 aromatic rings. The molecule has 0 spiro atoms. The fourth-order valence-electron chi connectivity index (χ4n) is 4.65. The Hall–Kier alpha value is -4.47. The van der Waals surface area contributed by atoms with Crippen LogP contribution < -0.4 is 19.6 Å². The van der Waals surface area contributed by atoms with E-state index in [-0.39, 0.29) is 12.4 Å². The van der Waals surface area contributed by atoms with E-state index in [9.17, 15) is 4.79 Å². The minimum absolute atomic E-state index is 0.103. The van der Waals surface area contributed by atoms with Crippen LogP contribution in [-0.2, 0) is 13.2 Å². The lowest BCUT2D eigenvalue weighted by atomic mass is 10.1. The van der Waals surface area contributed by atoms with Gasteiger partial charge in [0.15, 0.2) is 17.3 Å². The molecule has 2 aromatic heterocycles. The summed E-state index contributed by atoms with van der Waals surface area (Å²) >= 11 is 10.2. The number of furan rings is 1. The number of nitrogens with zero attached hydrogens (tertiary/aromatic N) is 2. The second-order valence-corrected chi connectivity index (χ2v) is 11.5. The summed E-state index contributed by atoms with van der Waals surface area (Å²) in [6.45, 7) is 8.95. The number of aryl methyl sites for hydroxylation is 3. The quantitative estimate of drug-likeness (QED) is 0.105. The molecule has 45 heavy (non-hydrogen) atoms. The molecule has 1 N–H and O–H groups in total. The van der Waals surface area contributed by atoms with E-state index in [1.807, 2.05) is 62.4 Å². The number of benzene rings is 3. The Bertz CT molecular complexity index is 1790. The van der Waals surface area contributed by atoms with Gasteiger partial charge in [0.25, 0.3) is 0 Å². The molecule has 10 heteroatoms. The van der Waals surface area contributed by atoms with E-state index in [1.165, 1.54) is 11.8 Å². The van der Waals surface area contributed by atoms with Gasteiger partial charge in [0, 0.05) is 27.1 Å². The van der Waals surface area contributed by atoms with Crippen LogP contribution >= 0.6 is 27.5 Å². The van der Waals surface area contributed by atoms with Crippen molar-refractivity contribution in [1.29, 1.82) is 0 Å². The Morgan fingerprint density at radius 3 is 2.33 bits per heavy atom. The second kappa shape index (κ2) is 14.5. The number of hydrogen-bond acceptors (Lipinski definition) is 6. The highest BCUT2D eigenvalue weighted by atomic mass is 79.9. The summed E-state index contributed by atoms with van der Waals surface area (Å²) in [4.78, 5) is 12.7. The second-order valence-electron chi connectivity index (χ2n) is 10.3. The van der Waals surface area contributed by atoms with Gasteiger partial charge in [-0.25, -0.2) is 5.43 Å². The molecule has 0 saturated heterocycles. The number of hydrazone groups is 1. The van der Waals surface area contributed by atoms with Gasteiger partial charge in [0.1, 0.15) is 29.7 Å². The smallest absolute Gasteiger partial charge is 0.307 e. The van der Waals surface area contributed by atoms with Gasteiger partial charge < -0.3 is 23.2 Å². The molecular weight excluding hydrogens is 658 g/mol. The molecular formula is C35H33BrClN3O5. The maximum absolute atomic E-state index is 12.7. The molecule has 0 aliphatic heterocycles. The third-order valence-corrected chi connectivity index (χ3v) is 8.41.